The molecule has 1 saturated carbocycles. The Balaban J connectivity index is 1.85. The van der Waals surface area contributed by atoms with E-state index in [1.165, 1.54) is 6.07 Å². The van der Waals surface area contributed by atoms with E-state index in [4.69, 9.17) is 5.73 Å². The van der Waals surface area contributed by atoms with E-state index in [0.29, 0.717) is 12.1 Å². The van der Waals surface area contributed by atoms with Crippen molar-refractivity contribution in [3.05, 3.63) is 42.0 Å². The lowest BCUT2D eigenvalue weighted by Gasteiger charge is -2.24. The van der Waals surface area contributed by atoms with Crippen LogP contribution in [0.2, 0.25) is 0 Å². The minimum atomic E-state index is -0.958. The number of nitrogens with two attached hydrogens (primary N) is 1. The van der Waals surface area contributed by atoms with Gasteiger partial charge >= 0.3 is 5.97 Å². The Kier molecular flexibility index (Phi) is 3.44. The quantitative estimate of drug-likeness (QED) is 0.727. The van der Waals surface area contributed by atoms with Gasteiger partial charge in [-0.05, 0) is 30.4 Å². The molecule has 1 aromatic carbocycles. The molecular formula is C16H16N2O4. The van der Waals surface area contributed by atoms with Gasteiger partial charge in [-0.3, -0.25) is 14.4 Å². The van der Waals surface area contributed by atoms with Gasteiger partial charge in [-0.15, -0.1) is 0 Å². The predicted molar refractivity (Wildman–Crippen MR) is 78.9 cm³/mol. The molecule has 6 nitrogen and oxygen atoms in total. The van der Waals surface area contributed by atoms with E-state index < -0.39 is 23.7 Å². The normalized spacial score (nSPS) is 28.5. The van der Waals surface area contributed by atoms with E-state index in [1.54, 1.807) is 18.2 Å². The monoisotopic (exact) mass is 300 g/mol. The van der Waals surface area contributed by atoms with Crippen molar-refractivity contribution < 1.29 is 19.5 Å². The fourth-order valence-corrected chi connectivity index (χ4v) is 3.54. The van der Waals surface area contributed by atoms with E-state index in [1.807, 2.05) is 12.2 Å². The summed E-state index contributed by atoms with van der Waals surface area (Å²) in [5, 5.41) is 12.0. The number of allylic oxidation sites excluding steroid dienone is 2. The molecule has 114 valence electrons. The highest BCUT2D eigenvalue weighted by atomic mass is 16.4. The van der Waals surface area contributed by atoms with Crippen LogP contribution in [0.15, 0.2) is 36.4 Å². The lowest BCUT2D eigenvalue weighted by molar-refractivity contribution is -0.146. The first-order valence-electron chi connectivity index (χ1n) is 7.10. The SMILES string of the molecule is NC(=O)c1ccccc1NC(=O)[C@H]1[C@H](C(=O)O)[C@H]2C=C[C@H]1C2. The van der Waals surface area contributed by atoms with Crippen molar-refractivity contribution in [1.82, 2.24) is 0 Å². The van der Waals surface area contributed by atoms with Gasteiger partial charge in [0.05, 0.1) is 23.1 Å². The molecule has 4 N–H and O–H groups in total. The van der Waals surface area contributed by atoms with Crippen LogP contribution in [0.25, 0.3) is 0 Å². The van der Waals surface area contributed by atoms with Crippen LogP contribution in [-0.2, 0) is 9.59 Å². The molecule has 2 amide bonds. The van der Waals surface area contributed by atoms with E-state index in [-0.39, 0.29) is 23.3 Å². The summed E-state index contributed by atoms with van der Waals surface area (Å²) < 4.78 is 0. The first kappa shape index (κ1) is 14.3. The van der Waals surface area contributed by atoms with Crippen LogP contribution in [0.3, 0.4) is 0 Å². The first-order valence-corrected chi connectivity index (χ1v) is 7.10. The lowest BCUT2D eigenvalue weighted by Crippen LogP contribution is -2.36. The molecule has 0 heterocycles. The highest BCUT2D eigenvalue weighted by Gasteiger charge is 2.51. The number of amides is 2. The summed E-state index contributed by atoms with van der Waals surface area (Å²) in [4.78, 5) is 35.4. The number of fused-ring (bicyclic) bond motifs is 2. The van der Waals surface area contributed by atoms with Crippen molar-refractivity contribution in [3.8, 4) is 0 Å². The number of carboxylic acid groups (broad SMARTS) is 1. The fourth-order valence-electron chi connectivity index (χ4n) is 3.54. The van der Waals surface area contributed by atoms with Crippen LogP contribution < -0.4 is 11.1 Å². The van der Waals surface area contributed by atoms with Gasteiger partial charge in [-0.1, -0.05) is 24.3 Å². The molecule has 0 unspecified atom stereocenters. The average Bonchev–Trinajstić information content (AvgIpc) is 3.08. The summed E-state index contributed by atoms with van der Waals surface area (Å²) in [6.07, 6.45) is 4.48. The number of rotatable bonds is 4. The molecule has 0 radical (unpaired) electrons. The Morgan fingerprint density at radius 2 is 1.73 bits per heavy atom. The summed E-state index contributed by atoms with van der Waals surface area (Å²) >= 11 is 0. The number of benzene rings is 1. The third-order valence-corrected chi connectivity index (χ3v) is 4.50. The second-order valence-corrected chi connectivity index (χ2v) is 5.74. The van der Waals surface area contributed by atoms with E-state index >= 15 is 0 Å². The number of hydrogen-bond donors (Lipinski definition) is 3. The maximum absolute atomic E-state index is 12.5. The first-order chi connectivity index (χ1) is 10.5. The van der Waals surface area contributed by atoms with Gasteiger partial charge in [0.1, 0.15) is 0 Å². The van der Waals surface area contributed by atoms with Crippen LogP contribution in [-0.4, -0.2) is 22.9 Å². The molecule has 2 aliphatic rings. The topological polar surface area (TPSA) is 109 Å². The molecule has 3 rings (SSSR count). The number of primary amides is 1. The van der Waals surface area contributed by atoms with E-state index in [2.05, 4.69) is 5.32 Å². The zero-order valence-corrected chi connectivity index (χ0v) is 11.7. The Hall–Kier alpha value is -2.63. The second-order valence-electron chi connectivity index (χ2n) is 5.74. The van der Waals surface area contributed by atoms with Crippen LogP contribution in [0, 0.1) is 23.7 Å². The summed E-state index contributed by atoms with van der Waals surface area (Å²) in [7, 11) is 0. The van der Waals surface area contributed by atoms with Crippen molar-refractivity contribution in [2.75, 3.05) is 5.32 Å². The van der Waals surface area contributed by atoms with Crippen LogP contribution in [0.1, 0.15) is 16.8 Å². The molecule has 0 aliphatic heterocycles. The molecule has 0 spiro atoms. The fraction of sp³-hybridized carbons (Fsp3) is 0.312. The molecule has 2 aliphatic carbocycles. The summed E-state index contributed by atoms with van der Waals surface area (Å²) in [6.45, 7) is 0. The Morgan fingerprint density at radius 3 is 2.36 bits per heavy atom. The molecule has 0 aromatic heterocycles. The number of para-hydroxylation sites is 1. The van der Waals surface area contributed by atoms with Gasteiger partial charge in [-0.25, -0.2) is 0 Å². The lowest BCUT2D eigenvalue weighted by atomic mass is 9.82. The molecule has 6 heteroatoms. The summed E-state index contributed by atoms with van der Waals surface area (Å²) in [6, 6.07) is 6.43. The standard InChI is InChI=1S/C16H16N2O4/c17-14(19)10-3-1-2-4-11(10)18-15(20)12-8-5-6-9(7-8)13(12)16(21)22/h1-6,8-9,12-13H,7H2,(H2,17,19)(H,18,20)(H,21,22)/t8-,9-,12+,13+/m0/s1. The van der Waals surface area contributed by atoms with Crippen molar-refractivity contribution >= 4 is 23.5 Å². The highest BCUT2D eigenvalue weighted by molar-refractivity contribution is 6.04. The Labute approximate surface area is 127 Å². The highest BCUT2D eigenvalue weighted by Crippen LogP contribution is 2.48. The smallest absolute Gasteiger partial charge is 0.307 e. The zero-order chi connectivity index (χ0) is 15.9. The van der Waals surface area contributed by atoms with E-state index in [0.717, 1.165) is 0 Å². The Morgan fingerprint density at radius 1 is 1.09 bits per heavy atom. The minimum absolute atomic E-state index is 0.0631. The van der Waals surface area contributed by atoms with Gasteiger partial charge in [0.15, 0.2) is 0 Å². The third kappa shape index (κ3) is 2.26. The van der Waals surface area contributed by atoms with Crippen molar-refractivity contribution in [3.63, 3.8) is 0 Å². The largest absolute Gasteiger partial charge is 0.481 e. The van der Waals surface area contributed by atoms with Gasteiger partial charge in [-0.2, -0.15) is 0 Å². The molecule has 1 fully saturated rings. The third-order valence-electron chi connectivity index (χ3n) is 4.50. The van der Waals surface area contributed by atoms with Crippen LogP contribution >= 0.6 is 0 Å². The number of carboxylic acids is 1. The van der Waals surface area contributed by atoms with Crippen molar-refractivity contribution in [2.45, 2.75) is 6.42 Å². The second kappa shape index (κ2) is 5.29. The molecule has 1 aromatic rings. The van der Waals surface area contributed by atoms with Crippen molar-refractivity contribution in [1.29, 1.82) is 0 Å². The molecular weight excluding hydrogens is 284 g/mol. The van der Waals surface area contributed by atoms with Gasteiger partial charge in [0.2, 0.25) is 5.91 Å². The summed E-state index contributed by atoms with van der Waals surface area (Å²) in [5.74, 6) is -3.46. The molecule has 0 saturated heterocycles. The molecule has 2 bridgehead atoms. The number of carbonyl (C=O) groups excluding carboxylic acids is 2. The van der Waals surface area contributed by atoms with Gasteiger partial charge in [0.25, 0.3) is 5.91 Å². The van der Waals surface area contributed by atoms with Gasteiger partial charge < -0.3 is 16.2 Å². The maximum Gasteiger partial charge on any atom is 0.307 e. The number of anilines is 1. The number of aliphatic carboxylic acids is 1. The maximum atomic E-state index is 12.5. The van der Waals surface area contributed by atoms with Crippen LogP contribution in [0.5, 0.6) is 0 Å². The number of hydrogen-bond acceptors (Lipinski definition) is 3. The average molecular weight is 300 g/mol. The van der Waals surface area contributed by atoms with Gasteiger partial charge in [0, 0.05) is 0 Å². The number of carbonyl (C=O) groups is 3. The minimum Gasteiger partial charge on any atom is -0.481 e. The number of nitrogens with one attached hydrogen (secondary N) is 1. The predicted octanol–water partition coefficient (Wildman–Crippen LogP) is 1.25. The molecule has 4 atom stereocenters. The zero-order valence-electron chi connectivity index (χ0n) is 11.7. The molecule has 22 heavy (non-hydrogen) atoms. The summed E-state index contributed by atoms with van der Waals surface area (Å²) in [5.41, 5.74) is 5.81. The van der Waals surface area contributed by atoms with Crippen LogP contribution in [0.4, 0.5) is 5.69 Å². The van der Waals surface area contributed by atoms with E-state index in [9.17, 15) is 19.5 Å². The van der Waals surface area contributed by atoms with Crippen molar-refractivity contribution in [2.24, 2.45) is 29.4 Å². The Bertz CT molecular complexity index is 682.